The standard InChI is InChI=1S/C16H22N4O2/c1-4-10(2)13-9-14(22-19-13)16(21)18-15-7-8-17-20(15)11(3)12-5-6-12/h7-12H,4-6H2,1-3H3,(H,18,21)/t10-,11-/m1/s1. The van der Waals surface area contributed by atoms with Crippen LogP contribution in [-0.2, 0) is 0 Å². The molecule has 1 N–H and O–H groups in total. The van der Waals surface area contributed by atoms with Crippen molar-refractivity contribution < 1.29 is 9.32 Å². The van der Waals surface area contributed by atoms with E-state index in [9.17, 15) is 4.79 Å². The second-order valence-electron chi connectivity index (χ2n) is 6.12. The van der Waals surface area contributed by atoms with Gasteiger partial charge in [-0.1, -0.05) is 19.0 Å². The molecule has 0 spiro atoms. The zero-order valence-corrected chi connectivity index (χ0v) is 13.2. The maximum Gasteiger partial charge on any atom is 0.295 e. The molecule has 0 aliphatic heterocycles. The third-order valence-electron chi connectivity index (χ3n) is 4.47. The van der Waals surface area contributed by atoms with Gasteiger partial charge in [-0.15, -0.1) is 0 Å². The summed E-state index contributed by atoms with van der Waals surface area (Å²) in [5.41, 5.74) is 0.813. The fourth-order valence-electron chi connectivity index (χ4n) is 2.53. The number of amides is 1. The van der Waals surface area contributed by atoms with Gasteiger partial charge in [-0.2, -0.15) is 5.10 Å². The molecule has 3 rings (SSSR count). The van der Waals surface area contributed by atoms with Gasteiger partial charge in [0.15, 0.2) is 0 Å². The van der Waals surface area contributed by atoms with Crippen molar-refractivity contribution in [3.8, 4) is 0 Å². The van der Waals surface area contributed by atoms with Crippen molar-refractivity contribution in [2.24, 2.45) is 5.92 Å². The highest BCUT2D eigenvalue weighted by atomic mass is 16.5. The number of hydrogen-bond acceptors (Lipinski definition) is 4. The van der Waals surface area contributed by atoms with Crippen molar-refractivity contribution in [1.82, 2.24) is 14.9 Å². The van der Waals surface area contributed by atoms with Gasteiger partial charge in [0, 0.05) is 18.1 Å². The minimum atomic E-state index is -0.285. The van der Waals surface area contributed by atoms with E-state index in [1.165, 1.54) is 12.8 Å². The molecular weight excluding hydrogens is 280 g/mol. The van der Waals surface area contributed by atoms with Gasteiger partial charge in [0.05, 0.1) is 17.9 Å². The molecule has 6 heteroatoms. The van der Waals surface area contributed by atoms with Gasteiger partial charge in [0.1, 0.15) is 5.82 Å². The molecule has 1 aliphatic rings. The maximum atomic E-state index is 12.3. The Bertz CT molecular complexity index is 657. The Morgan fingerprint density at radius 3 is 2.95 bits per heavy atom. The Kier molecular flexibility index (Phi) is 4.00. The summed E-state index contributed by atoms with van der Waals surface area (Å²) in [5, 5.41) is 11.2. The zero-order valence-electron chi connectivity index (χ0n) is 13.2. The van der Waals surface area contributed by atoms with Crippen LogP contribution in [0.25, 0.3) is 0 Å². The van der Waals surface area contributed by atoms with Crippen LogP contribution in [0, 0.1) is 5.92 Å². The lowest BCUT2D eigenvalue weighted by molar-refractivity contribution is 0.0986. The van der Waals surface area contributed by atoms with Gasteiger partial charge < -0.3 is 9.84 Å². The lowest BCUT2D eigenvalue weighted by Gasteiger charge is -2.14. The third-order valence-corrected chi connectivity index (χ3v) is 4.47. The highest BCUT2D eigenvalue weighted by Crippen LogP contribution is 2.40. The average Bonchev–Trinajstić information content (AvgIpc) is 3.07. The topological polar surface area (TPSA) is 73.0 Å². The quantitative estimate of drug-likeness (QED) is 0.884. The number of nitrogens with zero attached hydrogens (tertiary/aromatic N) is 3. The molecule has 2 atom stereocenters. The highest BCUT2D eigenvalue weighted by molar-refractivity contribution is 6.01. The summed E-state index contributed by atoms with van der Waals surface area (Å²) >= 11 is 0. The minimum Gasteiger partial charge on any atom is -0.351 e. The van der Waals surface area contributed by atoms with Crippen molar-refractivity contribution in [2.45, 2.75) is 52.0 Å². The summed E-state index contributed by atoms with van der Waals surface area (Å²) in [5.74, 6) is 1.60. The van der Waals surface area contributed by atoms with E-state index in [-0.39, 0.29) is 17.6 Å². The monoisotopic (exact) mass is 302 g/mol. The van der Waals surface area contributed by atoms with Crippen LogP contribution in [0.3, 0.4) is 0 Å². The predicted molar refractivity (Wildman–Crippen MR) is 82.8 cm³/mol. The maximum absolute atomic E-state index is 12.3. The summed E-state index contributed by atoms with van der Waals surface area (Å²) in [6.07, 6.45) is 5.13. The van der Waals surface area contributed by atoms with Crippen molar-refractivity contribution in [3.63, 3.8) is 0 Å². The smallest absolute Gasteiger partial charge is 0.295 e. The highest BCUT2D eigenvalue weighted by Gasteiger charge is 2.31. The molecule has 0 bridgehead atoms. The summed E-state index contributed by atoms with van der Waals surface area (Å²) < 4.78 is 7.04. The molecule has 1 fully saturated rings. The van der Waals surface area contributed by atoms with Crippen molar-refractivity contribution in [3.05, 3.63) is 29.8 Å². The van der Waals surface area contributed by atoms with Crippen LogP contribution in [0.15, 0.2) is 22.9 Å². The summed E-state index contributed by atoms with van der Waals surface area (Å²) in [6, 6.07) is 3.83. The number of anilines is 1. The van der Waals surface area contributed by atoms with Crippen LogP contribution in [0.4, 0.5) is 5.82 Å². The Morgan fingerprint density at radius 2 is 2.27 bits per heavy atom. The summed E-state index contributed by atoms with van der Waals surface area (Å²) in [7, 11) is 0. The van der Waals surface area contributed by atoms with Gasteiger partial charge in [-0.3, -0.25) is 4.79 Å². The molecule has 1 aliphatic carbocycles. The third kappa shape index (κ3) is 2.91. The molecule has 0 saturated heterocycles. The second-order valence-corrected chi connectivity index (χ2v) is 6.12. The number of carbonyl (C=O) groups excluding carboxylic acids is 1. The number of rotatable bonds is 6. The largest absolute Gasteiger partial charge is 0.351 e. The molecule has 22 heavy (non-hydrogen) atoms. The van der Waals surface area contributed by atoms with E-state index < -0.39 is 0 Å². The number of carbonyl (C=O) groups is 1. The van der Waals surface area contributed by atoms with Crippen LogP contribution in [0.5, 0.6) is 0 Å². The molecule has 118 valence electrons. The van der Waals surface area contributed by atoms with E-state index in [1.807, 2.05) is 10.7 Å². The SMILES string of the molecule is CC[C@@H](C)c1cc(C(=O)Nc2ccnn2[C@H](C)C2CC2)on1. The van der Waals surface area contributed by atoms with Crippen molar-refractivity contribution in [2.75, 3.05) is 5.32 Å². The molecule has 2 aromatic heterocycles. The molecule has 6 nitrogen and oxygen atoms in total. The molecule has 1 amide bonds. The van der Waals surface area contributed by atoms with Crippen LogP contribution in [0.1, 0.15) is 68.2 Å². The lowest BCUT2D eigenvalue weighted by Crippen LogP contribution is -2.18. The van der Waals surface area contributed by atoms with Gasteiger partial charge in [0.2, 0.25) is 5.76 Å². The average molecular weight is 302 g/mol. The Morgan fingerprint density at radius 1 is 1.50 bits per heavy atom. The number of aromatic nitrogens is 3. The first-order valence-electron chi connectivity index (χ1n) is 7.91. The van der Waals surface area contributed by atoms with E-state index in [0.29, 0.717) is 17.8 Å². The summed E-state index contributed by atoms with van der Waals surface area (Å²) in [6.45, 7) is 6.28. The second kappa shape index (κ2) is 5.94. The van der Waals surface area contributed by atoms with Gasteiger partial charge in [-0.25, -0.2) is 4.68 Å². The first-order valence-corrected chi connectivity index (χ1v) is 7.91. The fourth-order valence-corrected chi connectivity index (χ4v) is 2.53. The molecule has 1 saturated carbocycles. The molecule has 0 radical (unpaired) electrons. The molecule has 0 unspecified atom stereocenters. The molecule has 2 heterocycles. The number of hydrogen-bond donors (Lipinski definition) is 1. The van der Waals surface area contributed by atoms with Gasteiger partial charge in [0.25, 0.3) is 5.91 Å². The van der Waals surface area contributed by atoms with E-state index in [0.717, 1.165) is 12.1 Å². The Balaban J connectivity index is 1.72. The van der Waals surface area contributed by atoms with Crippen LogP contribution in [-0.4, -0.2) is 20.8 Å². The predicted octanol–water partition coefficient (Wildman–Crippen LogP) is 3.61. The van der Waals surface area contributed by atoms with E-state index in [2.05, 4.69) is 36.3 Å². The number of nitrogens with one attached hydrogen (secondary N) is 1. The van der Waals surface area contributed by atoms with Gasteiger partial charge >= 0.3 is 0 Å². The minimum absolute atomic E-state index is 0.238. The summed E-state index contributed by atoms with van der Waals surface area (Å²) in [4.78, 5) is 12.3. The normalized spacial score (nSPS) is 17.2. The van der Waals surface area contributed by atoms with Crippen LogP contribution in [0.2, 0.25) is 0 Å². The fraction of sp³-hybridized carbons (Fsp3) is 0.562. The first kappa shape index (κ1) is 14.8. The van der Waals surface area contributed by atoms with Crippen molar-refractivity contribution in [1.29, 1.82) is 0 Å². The van der Waals surface area contributed by atoms with Gasteiger partial charge in [-0.05, 0) is 32.1 Å². The van der Waals surface area contributed by atoms with E-state index in [1.54, 1.807) is 12.3 Å². The van der Waals surface area contributed by atoms with Crippen LogP contribution >= 0.6 is 0 Å². The Hall–Kier alpha value is -2.11. The molecular formula is C16H22N4O2. The first-order chi connectivity index (χ1) is 10.6. The zero-order chi connectivity index (χ0) is 15.7. The Labute approximate surface area is 129 Å². The van der Waals surface area contributed by atoms with Crippen LogP contribution < -0.4 is 5.32 Å². The van der Waals surface area contributed by atoms with E-state index >= 15 is 0 Å². The lowest BCUT2D eigenvalue weighted by atomic mass is 10.1. The van der Waals surface area contributed by atoms with Crippen molar-refractivity contribution >= 4 is 11.7 Å². The molecule has 2 aromatic rings. The van der Waals surface area contributed by atoms with E-state index in [4.69, 9.17) is 4.52 Å². The molecule has 0 aromatic carbocycles.